The standard InChI is InChI=1S/C17H22N2O/c1-12(2)9-13-3-5-14(6-4-13)17(20)10-15-11-19-8-7-16(15)18/h3-8,11-12,17,20H,9-10H2,1-2H3,(H2,18,19). The number of nitrogen functional groups attached to an aromatic ring is 1. The van der Waals surface area contributed by atoms with E-state index in [4.69, 9.17) is 5.73 Å². The second-order valence-corrected chi connectivity index (χ2v) is 5.63. The highest BCUT2D eigenvalue weighted by Crippen LogP contribution is 2.22. The van der Waals surface area contributed by atoms with E-state index in [9.17, 15) is 5.11 Å². The number of hydrogen-bond acceptors (Lipinski definition) is 3. The molecule has 20 heavy (non-hydrogen) atoms. The fraction of sp³-hybridized carbons (Fsp3) is 0.353. The van der Waals surface area contributed by atoms with E-state index in [0.717, 1.165) is 17.5 Å². The lowest BCUT2D eigenvalue weighted by molar-refractivity contribution is 0.178. The fourth-order valence-electron chi connectivity index (χ4n) is 2.28. The number of pyridine rings is 1. The Kier molecular flexibility index (Phi) is 4.74. The number of nitrogens with zero attached hydrogens (tertiary/aromatic N) is 1. The van der Waals surface area contributed by atoms with Crippen LogP contribution in [0.25, 0.3) is 0 Å². The maximum absolute atomic E-state index is 10.3. The Morgan fingerprint density at radius 3 is 2.40 bits per heavy atom. The van der Waals surface area contributed by atoms with Crippen LogP contribution in [0.2, 0.25) is 0 Å². The third-order valence-electron chi connectivity index (χ3n) is 3.36. The largest absolute Gasteiger partial charge is 0.398 e. The number of hydrogen-bond donors (Lipinski definition) is 2. The van der Waals surface area contributed by atoms with Crippen molar-refractivity contribution in [3.8, 4) is 0 Å². The number of aliphatic hydroxyl groups is 1. The Balaban J connectivity index is 2.06. The zero-order valence-corrected chi connectivity index (χ0v) is 12.1. The van der Waals surface area contributed by atoms with Crippen LogP contribution >= 0.6 is 0 Å². The molecule has 0 aliphatic rings. The predicted octanol–water partition coefficient (Wildman–Crippen LogP) is 3.14. The van der Waals surface area contributed by atoms with Crippen molar-refractivity contribution in [1.82, 2.24) is 4.98 Å². The first-order valence-electron chi connectivity index (χ1n) is 7.01. The Morgan fingerprint density at radius 1 is 1.10 bits per heavy atom. The van der Waals surface area contributed by atoms with Crippen LogP contribution in [0.3, 0.4) is 0 Å². The van der Waals surface area contributed by atoms with Crippen molar-refractivity contribution in [3.05, 3.63) is 59.4 Å². The van der Waals surface area contributed by atoms with Crippen molar-refractivity contribution in [2.45, 2.75) is 32.8 Å². The van der Waals surface area contributed by atoms with Gasteiger partial charge >= 0.3 is 0 Å². The summed E-state index contributed by atoms with van der Waals surface area (Å²) in [7, 11) is 0. The SMILES string of the molecule is CC(C)Cc1ccc(C(O)Cc2cnccc2N)cc1. The van der Waals surface area contributed by atoms with Gasteiger partial charge in [-0.15, -0.1) is 0 Å². The minimum absolute atomic E-state index is 0.489. The summed E-state index contributed by atoms with van der Waals surface area (Å²) >= 11 is 0. The van der Waals surface area contributed by atoms with E-state index in [-0.39, 0.29) is 0 Å². The van der Waals surface area contributed by atoms with Gasteiger partial charge in [0.15, 0.2) is 0 Å². The minimum atomic E-state index is -0.547. The lowest BCUT2D eigenvalue weighted by Gasteiger charge is -2.13. The summed E-state index contributed by atoms with van der Waals surface area (Å²) in [5.41, 5.74) is 9.65. The van der Waals surface area contributed by atoms with Crippen LogP contribution in [0.1, 0.15) is 36.6 Å². The van der Waals surface area contributed by atoms with Crippen molar-refractivity contribution in [2.75, 3.05) is 5.73 Å². The average Bonchev–Trinajstić information content (AvgIpc) is 2.41. The molecule has 1 unspecified atom stereocenters. The molecule has 0 amide bonds. The topological polar surface area (TPSA) is 59.1 Å². The van der Waals surface area contributed by atoms with Gasteiger partial charge in [-0.3, -0.25) is 4.98 Å². The van der Waals surface area contributed by atoms with Gasteiger partial charge < -0.3 is 10.8 Å². The molecule has 0 saturated heterocycles. The van der Waals surface area contributed by atoms with Crippen LogP contribution in [-0.2, 0) is 12.8 Å². The van der Waals surface area contributed by atoms with Gasteiger partial charge in [0.2, 0.25) is 0 Å². The van der Waals surface area contributed by atoms with Crippen molar-refractivity contribution in [1.29, 1.82) is 0 Å². The third kappa shape index (κ3) is 3.81. The number of benzene rings is 1. The van der Waals surface area contributed by atoms with E-state index >= 15 is 0 Å². The Labute approximate surface area is 120 Å². The molecule has 0 bridgehead atoms. The molecule has 0 aliphatic heterocycles. The molecule has 3 N–H and O–H groups in total. The van der Waals surface area contributed by atoms with Gasteiger partial charge in [0.1, 0.15) is 0 Å². The fourth-order valence-corrected chi connectivity index (χ4v) is 2.28. The minimum Gasteiger partial charge on any atom is -0.398 e. The molecule has 106 valence electrons. The molecule has 3 heteroatoms. The second-order valence-electron chi connectivity index (χ2n) is 5.63. The smallest absolute Gasteiger partial charge is 0.0831 e. The molecule has 0 spiro atoms. The van der Waals surface area contributed by atoms with Crippen molar-refractivity contribution in [3.63, 3.8) is 0 Å². The summed E-state index contributed by atoms with van der Waals surface area (Å²) in [5.74, 6) is 0.640. The van der Waals surface area contributed by atoms with Crippen molar-refractivity contribution < 1.29 is 5.11 Å². The molecule has 1 aromatic carbocycles. The molecule has 0 radical (unpaired) electrons. The second kappa shape index (κ2) is 6.53. The maximum atomic E-state index is 10.3. The third-order valence-corrected chi connectivity index (χ3v) is 3.36. The zero-order chi connectivity index (χ0) is 14.5. The van der Waals surface area contributed by atoms with E-state index in [1.165, 1.54) is 5.56 Å². The highest BCUT2D eigenvalue weighted by molar-refractivity contribution is 5.45. The van der Waals surface area contributed by atoms with Gasteiger partial charge in [-0.1, -0.05) is 38.1 Å². The Hall–Kier alpha value is -1.87. The van der Waals surface area contributed by atoms with Gasteiger partial charge in [0.05, 0.1) is 6.10 Å². The predicted molar refractivity (Wildman–Crippen MR) is 82.3 cm³/mol. The molecule has 0 aliphatic carbocycles. The molecular formula is C17H22N2O. The van der Waals surface area contributed by atoms with E-state index in [1.807, 2.05) is 12.1 Å². The normalized spacial score (nSPS) is 12.6. The first-order valence-corrected chi connectivity index (χ1v) is 7.01. The van der Waals surface area contributed by atoms with Crippen LogP contribution in [0.5, 0.6) is 0 Å². The molecule has 2 rings (SSSR count). The Bertz CT molecular complexity index is 549. The number of aliphatic hydroxyl groups excluding tert-OH is 1. The number of anilines is 1. The molecule has 1 aromatic heterocycles. The maximum Gasteiger partial charge on any atom is 0.0831 e. The molecular weight excluding hydrogens is 248 g/mol. The summed E-state index contributed by atoms with van der Waals surface area (Å²) in [4.78, 5) is 4.05. The highest BCUT2D eigenvalue weighted by atomic mass is 16.3. The quantitative estimate of drug-likeness (QED) is 0.877. The van der Waals surface area contributed by atoms with E-state index in [0.29, 0.717) is 18.0 Å². The van der Waals surface area contributed by atoms with Crippen LogP contribution in [0.4, 0.5) is 5.69 Å². The summed E-state index contributed by atoms with van der Waals surface area (Å²) < 4.78 is 0. The number of nitrogens with two attached hydrogens (primary N) is 1. The van der Waals surface area contributed by atoms with E-state index in [2.05, 4.69) is 31.0 Å². The van der Waals surface area contributed by atoms with Crippen LogP contribution in [0.15, 0.2) is 42.7 Å². The molecule has 0 saturated carbocycles. The van der Waals surface area contributed by atoms with Gasteiger partial charge in [-0.25, -0.2) is 0 Å². The first kappa shape index (κ1) is 14.5. The molecule has 2 aromatic rings. The molecule has 0 fully saturated rings. The van der Waals surface area contributed by atoms with Gasteiger partial charge in [-0.2, -0.15) is 0 Å². The van der Waals surface area contributed by atoms with E-state index < -0.39 is 6.10 Å². The molecule has 3 nitrogen and oxygen atoms in total. The first-order chi connectivity index (χ1) is 9.56. The van der Waals surface area contributed by atoms with Crippen LogP contribution in [0, 0.1) is 5.92 Å². The van der Waals surface area contributed by atoms with Gasteiger partial charge in [0, 0.05) is 24.5 Å². The summed E-state index contributed by atoms with van der Waals surface area (Å²) in [5, 5.41) is 10.3. The summed E-state index contributed by atoms with van der Waals surface area (Å²) in [6, 6.07) is 9.92. The van der Waals surface area contributed by atoms with Crippen LogP contribution in [-0.4, -0.2) is 10.1 Å². The highest BCUT2D eigenvalue weighted by Gasteiger charge is 2.11. The Morgan fingerprint density at radius 2 is 1.80 bits per heavy atom. The average molecular weight is 270 g/mol. The zero-order valence-electron chi connectivity index (χ0n) is 12.1. The van der Waals surface area contributed by atoms with Crippen LogP contribution < -0.4 is 5.73 Å². The lowest BCUT2D eigenvalue weighted by atomic mass is 9.98. The molecule has 1 atom stereocenters. The van der Waals surface area contributed by atoms with E-state index in [1.54, 1.807) is 18.5 Å². The number of aromatic nitrogens is 1. The monoisotopic (exact) mass is 270 g/mol. The number of rotatable bonds is 5. The van der Waals surface area contributed by atoms with Gasteiger partial charge in [-0.05, 0) is 35.1 Å². The van der Waals surface area contributed by atoms with Gasteiger partial charge in [0.25, 0.3) is 0 Å². The summed E-state index contributed by atoms with van der Waals surface area (Å²) in [6.45, 7) is 4.40. The van der Waals surface area contributed by atoms with Crippen molar-refractivity contribution in [2.24, 2.45) is 5.92 Å². The van der Waals surface area contributed by atoms with Crippen molar-refractivity contribution >= 4 is 5.69 Å². The lowest BCUT2D eigenvalue weighted by Crippen LogP contribution is -2.05. The summed E-state index contributed by atoms with van der Waals surface area (Å²) in [6.07, 6.45) is 4.38. The molecule has 1 heterocycles.